The first-order valence-electron chi connectivity index (χ1n) is 6.45. The van der Waals surface area contributed by atoms with Crippen LogP contribution < -0.4 is 4.72 Å². The highest BCUT2D eigenvalue weighted by molar-refractivity contribution is 9.10. The van der Waals surface area contributed by atoms with Gasteiger partial charge in [0, 0.05) is 16.4 Å². The summed E-state index contributed by atoms with van der Waals surface area (Å²) in [4.78, 5) is 0.709. The summed E-state index contributed by atoms with van der Waals surface area (Å²) in [6.07, 6.45) is 1.58. The molecule has 0 radical (unpaired) electrons. The Labute approximate surface area is 160 Å². The van der Waals surface area contributed by atoms with Crippen LogP contribution in [0, 0.1) is 0 Å². The van der Waals surface area contributed by atoms with Crippen LogP contribution in [0.4, 0.5) is 5.69 Å². The summed E-state index contributed by atoms with van der Waals surface area (Å²) in [7, 11) is -1.90. The van der Waals surface area contributed by atoms with E-state index in [2.05, 4.69) is 30.8 Å². The van der Waals surface area contributed by atoms with Gasteiger partial charge in [-0.05, 0) is 42.1 Å². The van der Waals surface area contributed by atoms with Crippen molar-refractivity contribution in [3.05, 3.63) is 45.5 Å². The number of halogens is 2. The fourth-order valence-electron chi connectivity index (χ4n) is 1.77. The monoisotopic (exact) mass is 464 g/mol. The van der Waals surface area contributed by atoms with E-state index in [9.17, 15) is 8.42 Å². The van der Waals surface area contributed by atoms with Gasteiger partial charge in [-0.2, -0.15) is 0 Å². The zero-order chi connectivity index (χ0) is 17.3. The summed E-state index contributed by atoms with van der Waals surface area (Å²) < 4.78 is 30.7. The van der Waals surface area contributed by atoms with E-state index in [1.807, 2.05) is 19.2 Å². The standard InChI is InChI=1S/C13H10BrClN4O2S3/c1-19-7-16-17-13(19)22-10-3-2-8(14)6-9(10)18-24(20,21)12-5-4-11(15)23-12/h2-7,18H,1H3. The first-order valence-corrected chi connectivity index (χ1v) is 10.7. The van der Waals surface area contributed by atoms with Crippen molar-refractivity contribution in [2.45, 2.75) is 14.3 Å². The van der Waals surface area contributed by atoms with Crippen LogP contribution in [0.1, 0.15) is 0 Å². The van der Waals surface area contributed by atoms with Gasteiger partial charge in [0.2, 0.25) is 0 Å². The molecule has 0 saturated carbocycles. The van der Waals surface area contributed by atoms with E-state index in [0.717, 1.165) is 15.8 Å². The Hall–Kier alpha value is -1.07. The quantitative estimate of drug-likeness (QED) is 0.610. The lowest BCUT2D eigenvalue weighted by Gasteiger charge is -2.11. The van der Waals surface area contributed by atoms with Crippen molar-refractivity contribution in [3.63, 3.8) is 0 Å². The summed E-state index contributed by atoms with van der Waals surface area (Å²) in [5.74, 6) is 0. The van der Waals surface area contributed by atoms with Crippen molar-refractivity contribution in [1.29, 1.82) is 0 Å². The molecule has 2 aromatic heterocycles. The number of benzene rings is 1. The Kier molecular flexibility index (Phi) is 5.21. The minimum Gasteiger partial charge on any atom is -0.311 e. The summed E-state index contributed by atoms with van der Waals surface area (Å²) in [6.45, 7) is 0. The van der Waals surface area contributed by atoms with Crippen LogP contribution >= 0.6 is 50.6 Å². The van der Waals surface area contributed by atoms with Crippen LogP contribution in [0.2, 0.25) is 4.34 Å². The zero-order valence-corrected chi connectivity index (χ0v) is 16.9. The van der Waals surface area contributed by atoms with Crippen LogP contribution in [-0.2, 0) is 17.1 Å². The second-order valence-electron chi connectivity index (χ2n) is 4.63. The number of aromatic nitrogens is 3. The molecule has 0 aliphatic rings. The molecular weight excluding hydrogens is 456 g/mol. The van der Waals surface area contributed by atoms with Crippen LogP contribution in [0.5, 0.6) is 0 Å². The summed E-state index contributed by atoms with van der Waals surface area (Å²) in [6, 6.07) is 8.37. The maximum atomic E-state index is 12.5. The predicted molar refractivity (Wildman–Crippen MR) is 99.4 cm³/mol. The lowest BCUT2D eigenvalue weighted by Crippen LogP contribution is -2.12. The lowest BCUT2D eigenvalue weighted by atomic mass is 10.3. The van der Waals surface area contributed by atoms with Gasteiger partial charge in [-0.15, -0.1) is 21.5 Å². The van der Waals surface area contributed by atoms with Gasteiger partial charge in [0.05, 0.1) is 10.0 Å². The third-order valence-electron chi connectivity index (χ3n) is 2.87. The number of sulfonamides is 1. The smallest absolute Gasteiger partial charge is 0.271 e. The van der Waals surface area contributed by atoms with Gasteiger partial charge in [0.1, 0.15) is 10.5 Å². The second-order valence-corrected chi connectivity index (χ2v) is 10.2. The van der Waals surface area contributed by atoms with Crippen molar-refractivity contribution in [2.75, 3.05) is 4.72 Å². The highest BCUT2D eigenvalue weighted by Gasteiger charge is 2.19. The van der Waals surface area contributed by atoms with E-state index in [1.54, 1.807) is 23.0 Å². The van der Waals surface area contributed by atoms with E-state index in [1.165, 1.54) is 17.8 Å². The fraction of sp³-hybridized carbons (Fsp3) is 0.0769. The average molecular weight is 466 g/mol. The molecule has 0 bridgehead atoms. The van der Waals surface area contributed by atoms with E-state index < -0.39 is 10.0 Å². The Morgan fingerprint density at radius 2 is 2.12 bits per heavy atom. The number of nitrogens with one attached hydrogen (secondary N) is 1. The van der Waals surface area contributed by atoms with E-state index in [4.69, 9.17) is 11.6 Å². The Balaban J connectivity index is 1.95. The topological polar surface area (TPSA) is 76.9 Å². The number of rotatable bonds is 5. The summed E-state index contributed by atoms with van der Waals surface area (Å²) in [5.41, 5.74) is 0.446. The van der Waals surface area contributed by atoms with Crippen molar-refractivity contribution in [1.82, 2.24) is 14.8 Å². The molecule has 24 heavy (non-hydrogen) atoms. The molecule has 0 spiro atoms. The van der Waals surface area contributed by atoms with Gasteiger partial charge in [-0.3, -0.25) is 4.72 Å². The van der Waals surface area contributed by atoms with Gasteiger partial charge in [0.25, 0.3) is 10.0 Å². The van der Waals surface area contributed by atoms with Crippen molar-refractivity contribution >= 4 is 66.3 Å². The van der Waals surface area contributed by atoms with Crippen molar-refractivity contribution in [2.24, 2.45) is 7.05 Å². The minimum absolute atomic E-state index is 0.155. The van der Waals surface area contributed by atoms with Gasteiger partial charge < -0.3 is 4.57 Å². The Morgan fingerprint density at radius 1 is 1.33 bits per heavy atom. The fourth-order valence-corrected chi connectivity index (χ4v) is 5.58. The number of hydrogen-bond donors (Lipinski definition) is 1. The van der Waals surface area contributed by atoms with Crippen LogP contribution in [0.15, 0.2) is 55.4 Å². The molecule has 3 aromatic rings. The predicted octanol–water partition coefficient (Wildman–Crippen LogP) is 4.24. The first kappa shape index (κ1) is 17.7. The highest BCUT2D eigenvalue weighted by atomic mass is 79.9. The van der Waals surface area contributed by atoms with Gasteiger partial charge in [0.15, 0.2) is 5.16 Å². The zero-order valence-electron chi connectivity index (χ0n) is 12.1. The first-order chi connectivity index (χ1) is 11.3. The molecule has 0 fully saturated rings. The number of anilines is 1. The molecule has 1 N–H and O–H groups in total. The molecule has 0 atom stereocenters. The van der Waals surface area contributed by atoms with E-state index >= 15 is 0 Å². The molecule has 0 unspecified atom stereocenters. The molecule has 11 heteroatoms. The van der Waals surface area contributed by atoms with Gasteiger partial charge in [-0.1, -0.05) is 27.5 Å². The number of aryl methyl sites for hydroxylation is 1. The SMILES string of the molecule is Cn1cnnc1Sc1ccc(Br)cc1NS(=O)(=O)c1ccc(Cl)s1. The number of nitrogens with zero attached hydrogens (tertiary/aromatic N) is 3. The van der Waals surface area contributed by atoms with Gasteiger partial charge in [-0.25, -0.2) is 8.42 Å². The Bertz CT molecular complexity index is 987. The summed E-state index contributed by atoms with van der Waals surface area (Å²) in [5, 5.41) is 8.48. The Morgan fingerprint density at radius 3 is 2.75 bits per heavy atom. The molecular formula is C13H10BrClN4O2S3. The maximum Gasteiger partial charge on any atom is 0.271 e. The molecule has 0 saturated heterocycles. The second kappa shape index (κ2) is 7.04. The normalized spacial score (nSPS) is 11.6. The van der Waals surface area contributed by atoms with Crippen LogP contribution in [0.3, 0.4) is 0 Å². The highest BCUT2D eigenvalue weighted by Crippen LogP contribution is 2.36. The maximum absolute atomic E-state index is 12.5. The minimum atomic E-state index is -3.71. The van der Waals surface area contributed by atoms with Crippen LogP contribution in [-0.4, -0.2) is 23.2 Å². The van der Waals surface area contributed by atoms with Gasteiger partial charge >= 0.3 is 0 Å². The third-order valence-corrected chi connectivity index (χ3v) is 7.58. The van der Waals surface area contributed by atoms with Crippen molar-refractivity contribution < 1.29 is 8.42 Å². The molecule has 0 aliphatic heterocycles. The largest absolute Gasteiger partial charge is 0.311 e. The molecule has 1 aromatic carbocycles. The average Bonchev–Trinajstić information content (AvgIpc) is 3.11. The molecule has 126 valence electrons. The third kappa shape index (κ3) is 3.94. The summed E-state index contributed by atoms with van der Waals surface area (Å²) >= 11 is 11.5. The molecule has 0 amide bonds. The number of hydrogen-bond acceptors (Lipinski definition) is 6. The molecule has 0 aliphatic carbocycles. The van der Waals surface area contributed by atoms with Crippen molar-refractivity contribution in [3.8, 4) is 0 Å². The van der Waals surface area contributed by atoms with E-state index in [0.29, 0.717) is 20.1 Å². The number of thiophene rings is 1. The molecule has 6 nitrogen and oxygen atoms in total. The van der Waals surface area contributed by atoms with E-state index in [-0.39, 0.29) is 4.21 Å². The molecule has 3 rings (SSSR count). The lowest BCUT2D eigenvalue weighted by molar-refractivity contribution is 0.603. The molecule has 2 heterocycles. The van der Waals surface area contributed by atoms with Crippen LogP contribution in [0.25, 0.3) is 0 Å².